The van der Waals surface area contributed by atoms with Gasteiger partial charge >= 0.3 is 6.18 Å². The summed E-state index contributed by atoms with van der Waals surface area (Å²) in [4.78, 5) is 1.99. The van der Waals surface area contributed by atoms with E-state index in [0.717, 1.165) is 5.82 Å². The maximum atomic E-state index is 13.8. The molecule has 2 aromatic heterocycles. The van der Waals surface area contributed by atoms with Crippen LogP contribution in [0.3, 0.4) is 0 Å². The van der Waals surface area contributed by atoms with Crippen molar-refractivity contribution in [3.05, 3.63) is 18.0 Å². The van der Waals surface area contributed by atoms with E-state index < -0.39 is 17.5 Å². The van der Waals surface area contributed by atoms with Crippen LogP contribution in [0.25, 0.3) is 5.65 Å². The van der Waals surface area contributed by atoms with E-state index in [1.165, 1.54) is 0 Å². The first-order valence-electron chi connectivity index (χ1n) is 9.73. The smallest absolute Gasteiger partial charge is 0.381 e. The zero-order valence-electron chi connectivity index (χ0n) is 16.5. The van der Waals surface area contributed by atoms with E-state index in [0.29, 0.717) is 50.6 Å². The molecule has 4 rings (SSSR count). The highest BCUT2D eigenvalue weighted by Gasteiger charge is 2.56. The van der Waals surface area contributed by atoms with Gasteiger partial charge in [-0.05, 0) is 31.4 Å². The average molecular weight is 397 g/mol. The summed E-state index contributed by atoms with van der Waals surface area (Å²) in [6.45, 7) is 7.53. The van der Waals surface area contributed by atoms with Crippen LogP contribution >= 0.6 is 0 Å². The summed E-state index contributed by atoms with van der Waals surface area (Å²) in [6.07, 6.45) is -3.25. The third-order valence-electron chi connectivity index (χ3n) is 6.06. The van der Waals surface area contributed by atoms with Crippen LogP contribution in [0, 0.1) is 11.3 Å². The second kappa shape index (κ2) is 6.57. The summed E-state index contributed by atoms with van der Waals surface area (Å²) >= 11 is 0. The summed E-state index contributed by atoms with van der Waals surface area (Å²) in [7, 11) is 0. The molecule has 28 heavy (non-hydrogen) atoms. The van der Waals surface area contributed by atoms with Gasteiger partial charge in [-0.1, -0.05) is 20.8 Å². The quantitative estimate of drug-likeness (QED) is 0.736. The Labute approximate surface area is 162 Å². The minimum absolute atomic E-state index is 0.0809. The Morgan fingerprint density at radius 1 is 1.11 bits per heavy atom. The molecule has 2 aromatic rings. The van der Waals surface area contributed by atoms with Gasteiger partial charge in [0.25, 0.3) is 0 Å². The van der Waals surface area contributed by atoms with Crippen molar-refractivity contribution in [1.82, 2.24) is 19.8 Å². The van der Waals surface area contributed by atoms with Crippen molar-refractivity contribution in [2.45, 2.75) is 51.6 Å². The predicted octanol–water partition coefficient (Wildman–Crippen LogP) is 3.61. The molecule has 0 N–H and O–H groups in total. The maximum absolute atomic E-state index is 13.8. The van der Waals surface area contributed by atoms with Crippen molar-refractivity contribution in [2.24, 2.45) is 11.3 Å². The lowest BCUT2D eigenvalue weighted by atomic mass is 9.65. The molecule has 2 aliphatic rings. The number of rotatable bonds is 1. The molecule has 0 bridgehead atoms. The van der Waals surface area contributed by atoms with Gasteiger partial charge in [0.1, 0.15) is 5.82 Å². The van der Waals surface area contributed by atoms with Crippen LogP contribution in [0.5, 0.6) is 0 Å². The number of nitrogens with zero attached hydrogens (tertiary/aromatic N) is 5. The fourth-order valence-corrected chi connectivity index (χ4v) is 4.57. The fraction of sp³-hybridized carbons (Fsp3) is 0.737. The summed E-state index contributed by atoms with van der Waals surface area (Å²) in [5.74, 6) is 0.114. The van der Waals surface area contributed by atoms with Gasteiger partial charge in [0.05, 0.1) is 5.92 Å². The molecule has 2 saturated heterocycles. The largest absolute Gasteiger partial charge is 0.392 e. The lowest BCUT2D eigenvalue weighted by molar-refractivity contribution is -0.223. The summed E-state index contributed by atoms with van der Waals surface area (Å²) in [6, 6.07) is 3.66. The second-order valence-corrected chi connectivity index (χ2v) is 9.01. The molecule has 9 heteroatoms. The van der Waals surface area contributed by atoms with Crippen molar-refractivity contribution in [1.29, 1.82) is 0 Å². The average Bonchev–Trinajstić information content (AvgIpc) is 3.04. The number of fused-ring (bicyclic) bond motifs is 1. The number of piperidine rings is 1. The van der Waals surface area contributed by atoms with Crippen LogP contribution in [-0.2, 0) is 10.2 Å². The van der Waals surface area contributed by atoms with Gasteiger partial charge < -0.3 is 9.64 Å². The molecule has 0 amide bonds. The fourth-order valence-electron chi connectivity index (χ4n) is 4.57. The molecule has 1 atom stereocenters. The first-order valence-corrected chi connectivity index (χ1v) is 9.73. The van der Waals surface area contributed by atoms with Gasteiger partial charge in [0.15, 0.2) is 11.5 Å². The molecule has 154 valence electrons. The zero-order chi connectivity index (χ0) is 20.2. The van der Waals surface area contributed by atoms with Crippen molar-refractivity contribution in [2.75, 3.05) is 31.2 Å². The molecule has 1 unspecified atom stereocenters. The Balaban J connectivity index is 1.68. The highest BCUT2D eigenvalue weighted by atomic mass is 19.4. The maximum Gasteiger partial charge on any atom is 0.392 e. The Morgan fingerprint density at radius 2 is 1.82 bits per heavy atom. The number of halogens is 3. The second-order valence-electron chi connectivity index (χ2n) is 9.01. The van der Waals surface area contributed by atoms with Crippen LogP contribution in [-0.4, -0.2) is 52.3 Å². The molecule has 0 saturated carbocycles. The van der Waals surface area contributed by atoms with Gasteiger partial charge in [-0.25, -0.2) is 0 Å². The zero-order valence-corrected chi connectivity index (χ0v) is 16.5. The third-order valence-corrected chi connectivity index (χ3v) is 6.06. The van der Waals surface area contributed by atoms with E-state index in [-0.39, 0.29) is 11.8 Å². The molecule has 6 nitrogen and oxygen atoms in total. The van der Waals surface area contributed by atoms with Gasteiger partial charge in [0.2, 0.25) is 0 Å². The Hall–Kier alpha value is -1.90. The Morgan fingerprint density at radius 3 is 2.46 bits per heavy atom. The molecule has 2 fully saturated rings. The van der Waals surface area contributed by atoms with Crippen LogP contribution in [0.4, 0.5) is 19.0 Å². The van der Waals surface area contributed by atoms with Gasteiger partial charge in [-0.15, -0.1) is 15.3 Å². The van der Waals surface area contributed by atoms with Crippen molar-refractivity contribution in [3.63, 3.8) is 0 Å². The Bertz CT molecular complexity index is 851. The monoisotopic (exact) mass is 397 g/mol. The molecule has 2 aliphatic heterocycles. The van der Waals surface area contributed by atoms with Crippen LogP contribution in [0.2, 0.25) is 0 Å². The number of hydrogen-bond acceptors (Lipinski definition) is 5. The first kappa shape index (κ1) is 19.4. The highest BCUT2D eigenvalue weighted by Crippen LogP contribution is 2.51. The van der Waals surface area contributed by atoms with Crippen LogP contribution in [0.1, 0.15) is 45.9 Å². The normalized spacial score (nSPS) is 23.5. The van der Waals surface area contributed by atoms with E-state index in [1.807, 2.05) is 37.8 Å². The number of alkyl halides is 3. The number of aromatic nitrogens is 4. The lowest BCUT2D eigenvalue weighted by Crippen LogP contribution is -2.55. The molecule has 0 aromatic carbocycles. The van der Waals surface area contributed by atoms with E-state index >= 15 is 0 Å². The van der Waals surface area contributed by atoms with E-state index in [4.69, 9.17) is 9.84 Å². The summed E-state index contributed by atoms with van der Waals surface area (Å²) in [5, 5.41) is 13.1. The molecule has 0 aliphatic carbocycles. The molecule has 4 heterocycles. The Kier molecular flexibility index (Phi) is 4.56. The molecular formula is C19H26F3N5O. The number of anilines is 1. The summed E-state index contributed by atoms with van der Waals surface area (Å²) < 4.78 is 48.4. The predicted molar refractivity (Wildman–Crippen MR) is 98.3 cm³/mol. The van der Waals surface area contributed by atoms with Crippen molar-refractivity contribution >= 4 is 11.5 Å². The summed E-state index contributed by atoms with van der Waals surface area (Å²) in [5.41, 5.74) is -0.415. The number of hydrogen-bond donors (Lipinski definition) is 0. The minimum Gasteiger partial charge on any atom is -0.381 e. The van der Waals surface area contributed by atoms with Crippen LogP contribution in [0.15, 0.2) is 12.1 Å². The number of ether oxygens (including phenoxy) is 1. The SMILES string of the molecule is CC(C)(C)c1nnc2ccc(N3CCC(C(F)(F)F)C4(CCOCC4)C3)nn12. The van der Waals surface area contributed by atoms with Crippen LogP contribution < -0.4 is 4.90 Å². The highest BCUT2D eigenvalue weighted by molar-refractivity contribution is 5.47. The van der Waals surface area contributed by atoms with Gasteiger partial charge in [-0.2, -0.15) is 17.7 Å². The van der Waals surface area contributed by atoms with Gasteiger partial charge in [-0.3, -0.25) is 0 Å². The van der Waals surface area contributed by atoms with E-state index in [9.17, 15) is 13.2 Å². The standard InChI is InChI=1S/C19H26F3N5O/c1-17(2,3)16-24-23-14-4-5-15(25-27(14)16)26-9-6-13(19(20,21)22)18(12-26)7-10-28-11-8-18/h4-5,13H,6-12H2,1-3H3. The first-order chi connectivity index (χ1) is 13.1. The molecular weight excluding hydrogens is 371 g/mol. The van der Waals surface area contributed by atoms with E-state index in [2.05, 4.69) is 10.2 Å². The molecule has 1 spiro atoms. The third kappa shape index (κ3) is 3.33. The van der Waals surface area contributed by atoms with Crippen molar-refractivity contribution in [3.8, 4) is 0 Å². The van der Waals surface area contributed by atoms with Crippen molar-refractivity contribution < 1.29 is 17.9 Å². The molecule has 0 radical (unpaired) electrons. The minimum atomic E-state index is -4.19. The van der Waals surface area contributed by atoms with Gasteiger partial charge in [0, 0.05) is 37.1 Å². The lowest BCUT2D eigenvalue weighted by Gasteiger charge is -2.50. The van der Waals surface area contributed by atoms with E-state index in [1.54, 1.807) is 4.52 Å². The topological polar surface area (TPSA) is 55.5 Å².